The number of rotatable bonds is 3. The topological polar surface area (TPSA) is 25.2 Å². The van der Waals surface area contributed by atoms with E-state index in [1.165, 1.54) is 16.7 Å². The SMILES string of the molecule is CNC(c1cc(C)c(C)o1)c1cccc(Br)c1C. The second-order valence-electron chi connectivity index (χ2n) is 4.56. The lowest BCUT2D eigenvalue weighted by Gasteiger charge is -2.17. The Hall–Kier alpha value is -1.06. The minimum absolute atomic E-state index is 0.0925. The molecule has 0 saturated carbocycles. The molecule has 0 aliphatic heterocycles. The molecular weight excluding hydrogens is 290 g/mol. The number of hydrogen-bond acceptors (Lipinski definition) is 2. The van der Waals surface area contributed by atoms with Gasteiger partial charge in [0.15, 0.2) is 0 Å². The maximum atomic E-state index is 5.84. The Kier molecular flexibility index (Phi) is 3.93. The summed E-state index contributed by atoms with van der Waals surface area (Å²) in [6.45, 7) is 6.19. The van der Waals surface area contributed by atoms with Gasteiger partial charge >= 0.3 is 0 Å². The van der Waals surface area contributed by atoms with Crippen LogP contribution in [0.3, 0.4) is 0 Å². The van der Waals surface area contributed by atoms with Gasteiger partial charge in [-0.15, -0.1) is 0 Å². The van der Waals surface area contributed by atoms with Gasteiger partial charge in [0, 0.05) is 4.47 Å². The zero-order chi connectivity index (χ0) is 13.3. The predicted octanol–water partition coefficient (Wildman–Crippen LogP) is 4.28. The molecule has 2 aromatic rings. The summed E-state index contributed by atoms with van der Waals surface area (Å²) in [4.78, 5) is 0. The van der Waals surface area contributed by atoms with Gasteiger partial charge in [0.2, 0.25) is 0 Å². The van der Waals surface area contributed by atoms with Crippen LogP contribution in [0.25, 0.3) is 0 Å². The maximum Gasteiger partial charge on any atom is 0.125 e. The summed E-state index contributed by atoms with van der Waals surface area (Å²) in [5, 5.41) is 3.33. The van der Waals surface area contributed by atoms with Gasteiger partial charge in [0.25, 0.3) is 0 Å². The van der Waals surface area contributed by atoms with Crippen LogP contribution in [0.1, 0.15) is 34.3 Å². The highest BCUT2D eigenvalue weighted by molar-refractivity contribution is 9.10. The van der Waals surface area contributed by atoms with Gasteiger partial charge < -0.3 is 9.73 Å². The summed E-state index contributed by atoms with van der Waals surface area (Å²) in [6.07, 6.45) is 0. The Morgan fingerprint density at radius 1 is 1.22 bits per heavy atom. The second-order valence-corrected chi connectivity index (χ2v) is 5.42. The largest absolute Gasteiger partial charge is 0.464 e. The first-order valence-corrected chi connectivity index (χ1v) is 6.83. The number of halogens is 1. The fraction of sp³-hybridized carbons (Fsp3) is 0.333. The van der Waals surface area contributed by atoms with Crippen molar-refractivity contribution in [3.8, 4) is 0 Å². The van der Waals surface area contributed by atoms with Crippen molar-refractivity contribution >= 4 is 15.9 Å². The second kappa shape index (κ2) is 5.29. The Morgan fingerprint density at radius 2 is 1.94 bits per heavy atom. The zero-order valence-electron chi connectivity index (χ0n) is 11.2. The molecule has 0 amide bonds. The van der Waals surface area contributed by atoms with Crippen molar-refractivity contribution < 1.29 is 4.42 Å². The van der Waals surface area contributed by atoms with Crippen LogP contribution in [0, 0.1) is 20.8 Å². The van der Waals surface area contributed by atoms with Gasteiger partial charge in [0.05, 0.1) is 6.04 Å². The first kappa shape index (κ1) is 13.4. The molecule has 0 bridgehead atoms. The Labute approximate surface area is 117 Å². The molecule has 1 heterocycles. The van der Waals surface area contributed by atoms with Crippen LogP contribution >= 0.6 is 15.9 Å². The van der Waals surface area contributed by atoms with E-state index < -0.39 is 0 Å². The van der Waals surface area contributed by atoms with E-state index in [9.17, 15) is 0 Å². The van der Waals surface area contributed by atoms with Crippen LogP contribution in [0.2, 0.25) is 0 Å². The van der Waals surface area contributed by atoms with Crippen molar-refractivity contribution in [1.29, 1.82) is 0 Å². The monoisotopic (exact) mass is 307 g/mol. The van der Waals surface area contributed by atoms with Crippen molar-refractivity contribution in [3.05, 3.63) is 56.9 Å². The van der Waals surface area contributed by atoms with Gasteiger partial charge in [-0.2, -0.15) is 0 Å². The first-order valence-electron chi connectivity index (χ1n) is 6.03. The molecule has 1 atom stereocenters. The van der Waals surface area contributed by atoms with Gasteiger partial charge in [-0.1, -0.05) is 28.1 Å². The number of aryl methyl sites for hydroxylation is 2. The Balaban J connectivity index is 2.48. The van der Waals surface area contributed by atoms with E-state index in [4.69, 9.17) is 4.42 Å². The molecule has 18 heavy (non-hydrogen) atoms. The van der Waals surface area contributed by atoms with Crippen molar-refractivity contribution in [2.75, 3.05) is 7.05 Å². The Bertz CT molecular complexity index is 540. The molecule has 1 unspecified atom stereocenters. The zero-order valence-corrected chi connectivity index (χ0v) is 12.8. The third kappa shape index (κ3) is 2.38. The summed E-state index contributed by atoms with van der Waals surface area (Å²) >= 11 is 3.58. The highest BCUT2D eigenvalue weighted by atomic mass is 79.9. The normalized spacial score (nSPS) is 12.7. The fourth-order valence-corrected chi connectivity index (χ4v) is 2.51. The lowest BCUT2D eigenvalue weighted by Crippen LogP contribution is -2.18. The van der Waals surface area contributed by atoms with Gasteiger partial charge in [-0.3, -0.25) is 0 Å². The third-order valence-corrected chi connectivity index (χ3v) is 4.24. The molecule has 0 spiro atoms. The smallest absolute Gasteiger partial charge is 0.125 e. The van der Waals surface area contributed by atoms with E-state index in [2.05, 4.69) is 59.4 Å². The quantitative estimate of drug-likeness (QED) is 0.915. The highest BCUT2D eigenvalue weighted by Crippen LogP contribution is 2.30. The molecule has 2 rings (SSSR count). The van der Waals surface area contributed by atoms with Crippen LogP contribution in [-0.2, 0) is 0 Å². The van der Waals surface area contributed by atoms with Crippen molar-refractivity contribution in [2.24, 2.45) is 0 Å². The van der Waals surface area contributed by atoms with E-state index in [1.54, 1.807) is 0 Å². The summed E-state index contributed by atoms with van der Waals surface area (Å²) in [7, 11) is 1.96. The third-order valence-electron chi connectivity index (χ3n) is 3.38. The van der Waals surface area contributed by atoms with Crippen LogP contribution < -0.4 is 5.32 Å². The molecule has 96 valence electrons. The van der Waals surface area contributed by atoms with Crippen molar-refractivity contribution in [2.45, 2.75) is 26.8 Å². The molecule has 2 nitrogen and oxygen atoms in total. The first-order chi connectivity index (χ1) is 8.54. The summed E-state index contributed by atoms with van der Waals surface area (Å²) in [6, 6.07) is 8.45. The van der Waals surface area contributed by atoms with Crippen LogP contribution in [0.5, 0.6) is 0 Å². The highest BCUT2D eigenvalue weighted by Gasteiger charge is 2.19. The molecule has 0 saturated heterocycles. The van der Waals surface area contributed by atoms with Crippen LogP contribution in [0.15, 0.2) is 33.2 Å². The summed E-state index contributed by atoms with van der Waals surface area (Å²) in [5.41, 5.74) is 3.67. The number of hydrogen-bond donors (Lipinski definition) is 1. The minimum Gasteiger partial charge on any atom is -0.464 e. The Morgan fingerprint density at radius 3 is 2.50 bits per heavy atom. The van der Waals surface area contributed by atoms with E-state index >= 15 is 0 Å². The van der Waals surface area contributed by atoms with Crippen LogP contribution in [-0.4, -0.2) is 7.05 Å². The molecule has 0 fully saturated rings. The molecule has 1 aromatic heterocycles. The summed E-state index contributed by atoms with van der Waals surface area (Å²) in [5.74, 6) is 1.95. The molecule has 1 N–H and O–H groups in total. The average molecular weight is 308 g/mol. The van der Waals surface area contributed by atoms with Crippen molar-refractivity contribution in [1.82, 2.24) is 5.32 Å². The van der Waals surface area contributed by atoms with Gasteiger partial charge in [-0.25, -0.2) is 0 Å². The predicted molar refractivity (Wildman–Crippen MR) is 78.0 cm³/mol. The maximum absolute atomic E-state index is 5.84. The fourth-order valence-electron chi connectivity index (χ4n) is 2.13. The van der Waals surface area contributed by atoms with Gasteiger partial charge in [-0.05, 0) is 56.6 Å². The van der Waals surface area contributed by atoms with E-state index in [-0.39, 0.29) is 6.04 Å². The molecule has 3 heteroatoms. The molecule has 0 aliphatic carbocycles. The number of furan rings is 1. The van der Waals surface area contributed by atoms with E-state index in [0.29, 0.717) is 0 Å². The number of benzene rings is 1. The lowest BCUT2D eigenvalue weighted by molar-refractivity contribution is 0.442. The van der Waals surface area contributed by atoms with Crippen molar-refractivity contribution in [3.63, 3.8) is 0 Å². The number of nitrogens with one attached hydrogen (secondary N) is 1. The molecule has 0 radical (unpaired) electrons. The summed E-state index contributed by atoms with van der Waals surface area (Å²) < 4.78 is 6.96. The molecule has 1 aromatic carbocycles. The average Bonchev–Trinajstić information content (AvgIpc) is 2.66. The van der Waals surface area contributed by atoms with Crippen LogP contribution in [0.4, 0.5) is 0 Å². The molecule has 0 aliphatic rings. The van der Waals surface area contributed by atoms with E-state index in [0.717, 1.165) is 16.0 Å². The minimum atomic E-state index is 0.0925. The van der Waals surface area contributed by atoms with Gasteiger partial charge in [0.1, 0.15) is 11.5 Å². The standard InChI is InChI=1S/C15H18BrNO/c1-9-8-14(18-11(9)3)15(17-4)12-6-5-7-13(16)10(12)2/h5-8,15,17H,1-4H3. The lowest BCUT2D eigenvalue weighted by atomic mass is 9.99. The molecular formula is C15H18BrNO. The van der Waals surface area contributed by atoms with E-state index in [1.807, 2.05) is 14.0 Å².